The van der Waals surface area contributed by atoms with Crippen molar-refractivity contribution in [3.8, 4) is 0 Å². The number of ketones is 1. The van der Waals surface area contributed by atoms with Crippen molar-refractivity contribution < 1.29 is 4.79 Å². The molecule has 0 aliphatic carbocycles. The molecule has 1 aromatic carbocycles. The molecule has 0 spiro atoms. The largest absolute Gasteiger partial charge is 0.289 e. The minimum atomic E-state index is 0.168. The van der Waals surface area contributed by atoms with Crippen molar-refractivity contribution in [3.05, 3.63) is 46.5 Å². The second-order valence-electron chi connectivity index (χ2n) is 3.81. The number of carbonyl (C=O) groups is 1. The molecular weight excluding hydrogens is 184 g/mol. The Kier molecular flexibility index (Phi) is 3.84. The van der Waals surface area contributed by atoms with Crippen LogP contribution < -0.4 is 0 Å². The van der Waals surface area contributed by atoms with Crippen LogP contribution in [0, 0.1) is 13.8 Å². The van der Waals surface area contributed by atoms with Crippen LogP contribution in [-0.4, -0.2) is 5.78 Å². The number of aryl methyl sites for hydroxylation is 2. The number of allylic oxidation sites excluding steroid dienone is 2. The van der Waals surface area contributed by atoms with E-state index < -0.39 is 0 Å². The van der Waals surface area contributed by atoms with E-state index in [9.17, 15) is 4.79 Å². The van der Waals surface area contributed by atoms with Crippen molar-refractivity contribution in [1.82, 2.24) is 0 Å². The highest BCUT2D eigenvalue weighted by Gasteiger charge is 2.12. The first-order chi connectivity index (χ1) is 7.10. The first kappa shape index (κ1) is 11.7. The molecule has 1 rings (SSSR count). The lowest BCUT2D eigenvalue weighted by atomic mass is 9.96. The number of carbonyl (C=O) groups excluding carboxylic acids is 1. The molecule has 0 amide bonds. The molecule has 0 saturated carbocycles. The number of rotatable bonds is 3. The maximum atomic E-state index is 12.1. The summed E-state index contributed by atoms with van der Waals surface area (Å²) >= 11 is 0. The van der Waals surface area contributed by atoms with Gasteiger partial charge in [-0.1, -0.05) is 30.7 Å². The molecular formula is C14H18O. The third kappa shape index (κ3) is 2.56. The summed E-state index contributed by atoms with van der Waals surface area (Å²) in [6, 6.07) is 6.01. The highest BCUT2D eigenvalue weighted by Crippen LogP contribution is 2.16. The first-order valence-corrected chi connectivity index (χ1v) is 5.37. The van der Waals surface area contributed by atoms with Crippen molar-refractivity contribution in [2.24, 2.45) is 0 Å². The van der Waals surface area contributed by atoms with Crippen LogP contribution in [-0.2, 0) is 0 Å². The smallest absolute Gasteiger partial charge is 0.188 e. The lowest BCUT2D eigenvalue weighted by Gasteiger charge is -2.07. The van der Waals surface area contributed by atoms with E-state index >= 15 is 0 Å². The standard InChI is InChI=1S/C14H18O/c1-5-12(6-2)14(15)13-9-10(3)7-8-11(13)4/h5,7-9H,6H2,1-4H3/b12-5-. The fourth-order valence-corrected chi connectivity index (χ4v) is 1.65. The second-order valence-corrected chi connectivity index (χ2v) is 3.81. The van der Waals surface area contributed by atoms with Gasteiger partial charge in [-0.25, -0.2) is 0 Å². The average Bonchev–Trinajstić information content (AvgIpc) is 2.23. The lowest BCUT2D eigenvalue weighted by Crippen LogP contribution is -2.05. The molecule has 0 bridgehead atoms. The minimum Gasteiger partial charge on any atom is -0.289 e. The predicted molar refractivity (Wildman–Crippen MR) is 64.3 cm³/mol. The topological polar surface area (TPSA) is 17.1 Å². The normalized spacial score (nSPS) is 11.6. The molecule has 0 aromatic heterocycles. The van der Waals surface area contributed by atoms with E-state index in [1.54, 1.807) is 0 Å². The molecule has 0 unspecified atom stereocenters. The van der Waals surface area contributed by atoms with Crippen molar-refractivity contribution in [2.45, 2.75) is 34.1 Å². The van der Waals surface area contributed by atoms with Crippen LogP contribution >= 0.6 is 0 Å². The van der Waals surface area contributed by atoms with Gasteiger partial charge < -0.3 is 0 Å². The molecule has 0 heterocycles. The minimum absolute atomic E-state index is 0.168. The summed E-state index contributed by atoms with van der Waals surface area (Å²) in [6.07, 6.45) is 2.70. The summed E-state index contributed by atoms with van der Waals surface area (Å²) in [4.78, 5) is 12.1. The number of hydrogen-bond acceptors (Lipinski definition) is 1. The van der Waals surface area contributed by atoms with Crippen molar-refractivity contribution in [3.63, 3.8) is 0 Å². The molecule has 0 saturated heterocycles. The van der Waals surface area contributed by atoms with E-state index in [-0.39, 0.29) is 5.78 Å². The molecule has 0 aliphatic heterocycles. The summed E-state index contributed by atoms with van der Waals surface area (Å²) in [5.74, 6) is 0.168. The third-order valence-corrected chi connectivity index (χ3v) is 2.66. The Labute approximate surface area is 91.8 Å². The second kappa shape index (κ2) is 4.92. The van der Waals surface area contributed by atoms with Crippen LogP contribution in [0.4, 0.5) is 0 Å². The number of hydrogen-bond donors (Lipinski definition) is 0. The SMILES string of the molecule is C/C=C(/CC)C(=O)c1cc(C)ccc1C. The molecule has 0 fully saturated rings. The van der Waals surface area contributed by atoms with Crippen LogP contribution in [0.5, 0.6) is 0 Å². The van der Waals surface area contributed by atoms with Gasteiger partial charge in [0.1, 0.15) is 0 Å². The molecule has 1 aromatic rings. The Morgan fingerprint density at radius 2 is 2.00 bits per heavy atom. The molecule has 0 radical (unpaired) electrons. The zero-order valence-corrected chi connectivity index (χ0v) is 9.92. The van der Waals surface area contributed by atoms with Crippen molar-refractivity contribution >= 4 is 5.78 Å². The zero-order valence-electron chi connectivity index (χ0n) is 9.92. The Morgan fingerprint density at radius 3 is 2.53 bits per heavy atom. The van der Waals surface area contributed by atoms with E-state index in [1.165, 1.54) is 0 Å². The molecule has 0 aliphatic rings. The van der Waals surface area contributed by atoms with Gasteiger partial charge in [0, 0.05) is 5.56 Å². The van der Waals surface area contributed by atoms with Crippen LogP contribution in [0.2, 0.25) is 0 Å². The Morgan fingerprint density at radius 1 is 1.33 bits per heavy atom. The lowest BCUT2D eigenvalue weighted by molar-refractivity contribution is 0.103. The van der Waals surface area contributed by atoms with Crippen LogP contribution in [0.3, 0.4) is 0 Å². The Balaban J connectivity index is 3.16. The van der Waals surface area contributed by atoms with Gasteiger partial charge in [0.25, 0.3) is 0 Å². The number of benzene rings is 1. The maximum Gasteiger partial charge on any atom is 0.188 e. The van der Waals surface area contributed by atoms with E-state index in [4.69, 9.17) is 0 Å². The number of Topliss-reactive ketones (excluding diaryl/α,β-unsaturated/α-hetero) is 1. The van der Waals surface area contributed by atoms with E-state index in [1.807, 2.05) is 52.0 Å². The quantitative estimate of drug-likeness (QED) is 0.537. The summed E-state index contributed by atoms with van der Waals surface area (Å²) in [5, 5.41) is 0. The van der Waals surface area contributed by atoms with Crippen LogP contribution in [0.15, 0.2) is 29.8 Å². The molecule has 0 N–H and O–H groups in total. The van der Waals surface area contributed by atoms with Gasteiger partial charge in [-0.3, -0.25) is 4.79 Å². The van der Waals surface area contributed by atoms with Gasteiger partial charge in [0.05, 0.1) is 0 Å². The summed E-state index contributed by atoms with van der Waals surface area (Å²) in [6.45, 7) is 7.92. The average molecular weight is 202 g/mol. The fraction of sp³-hybridized carbons (Fsp3) is 0.357. The summed E-state index contributed by atoms with van der Waals surface area (Å²) in [5.41, 5.74) is 3.92. The molecule has 0 atom stereocenters. The summed E-state index contributed by atoms with van der Waals surface area (Å²) in [7, 11) is 0. The van der Waals surface area contributed by atoms with E-state index in [0.29, 0.717) is 0 Å². The highest BCUT2D eigenvalue weighted by molar-refractivity contribution is 6.09. The van der Waals surface area contributed by atoms with Gasteiger partial charge in [-0.15, -0.1) is 0 Å². The fourth-order valence-electron chi connectivity index (χ4n) is 1.65. The van der Waals surface area contributed by atoms with Gasteiger partial charge in [-0.2, -0.15) is 0 Å². The van der Waals surface area contributed by atoms with Gasteiger partial charge in [-0.05, 0) is 44.4 Å². The van der Waals surface area contributed by atoms with Gasteiger partial charge in [0.15, 0.2) is 5.78 Å². The third-order valence-electron chi connectivity index (χ3n) is 2.66. The Bertz CT molecular complexity index is 400. The molecule has 80 valence electrons. The summed E-state index contributed by atoms with van der Waals surface area (Å²) < 4.78 is 0. The maximum absolute atomic E-state index is 12.1. The van der Waals surface area contributed by atoms with Crippen molar-refractivity contribution in [2.75, 3.05) is 0 Å². The van der Waals surface area contributed by atoms with E-state index in [0.717, 1.165) is 28.7 Å². The monoisotopic (exact) mass is 202 g/mol. The van der Waals surface area contributed by atoms with Gasteiger partial charge >= 0.3 is 0 Å². The van der Waals surface area contributed by atoms with Crippen LogP contribution in [0.25, 0.3) is 0 Å². The zero-order chi connectivity index (χ0) is 11.4. The Hall–Kier alpha value is -1.37. The van der Waals surface area contributed by atoms with Crippen molar-refractivity contribution in [1.29, 1.82) is 0 Å². The van der Waals surface area contributed by atoms with E-state index in [2.05, 4.69) is 0 Å². The molecule has 1 nitrogen and oxygen atoms in total. The van der Waals surface area contributed by atoms with Gasteiger partial charge in [0.2, 0.25) is 0 Å². The first-order valence-electron chi connectivity index (χ1n) is 5.37. The van der Waals surface area contributed by atoms with Crippen LogP contribution in [0.1, 0.15) is 41.8 Å². The predicted octanol–water partition coefficient (Wildman–Crippen LogP) is 3.84. The molecule has 1 heteroatoms. The molecule has 15 heavy (non-hydrogen) atoms. The highest BCUT2D eigenvalue weighted by atomic mass is 16.1.